The van der Waals surface area contributed by atoms with Crippen LogP contribution in [0.25, 0.3) is 0 Å². The van der Waals surface area contributed by atoms with Gasteiger partial charge in [0.05, 0.1) is 34.2 Å². The Balaban J connectivity index is 1.71. The van der Waals surface area contributed by atoms with Crippen LogP contribution in [0.4, 0.5) is 11.4 Å². The standard InChI is InChI=1S/C15H12N2O5/c1-15-7-6-10(22-15)11-12(15)14(19)16(13(11)18)8-2-4-9(5-3-8)17(20)21/h2-7,10-12H,1H3/t10-,11+,12+,15+/m0/s1. The van der Waals surface area contributed by atoms with Crippen LogP contribution in [-0.2, 0) is 14.3 Å². The van der Waals surface area contributed by atoms with Gasteiger partial charge in [0.25, 0.3) is 5.69 Å². The summed E-state index contributed by atoms with van der Waals surface area (Å²) in [6, 6.07) is 5.42. The minimum atomic E-state index is -0.738. The zero-order chi connectivity index (χ0) is 15.6. The van der Waals surface area contributed by atoms with Gasteiger partial charge in [0.2, 0.25) is 11.8 Å². The highest BCUT2D eigenvalue weighted by atomic mass is 16.6. The topological polar surface area (TPSA) is 89.8 Å². The van der Waals surface area contributed by atoms with Gasteiger partial charge >= 0.3 is 0 Å². The van der Waals surface area contributed by atoms with Gasteiger partial charge in [0, 0.05) is 12.1 Å². The summed E-state index contributed by atoms with van der Waals surface area (Å²) in [6.07, 6.45) is 3.30. The number of hydrogen-bond donors (Lipinski definition) is 0. The summed E-state index contributed by atoms with van der Waals surface area (Å²) in [7, 11) is 0. The Bertz CT molecular complexity index is 741. The van der Waals surface area contributed by atoms with Crippen molar-refractivity contribution in [1.29, 1.82) is 0 Å². The highest BCUT2D eigenvalue weighted by molar-refractivity contribution is 6.23. The van der Waals surface area contributed by atoms with E-state index < -0.39 is 22.4 Å². The highest BCUT2D eigenvalue weighted by Crippen LogP contribution is 2.52. The molecule has 0 N–H and O–H groups in total. The Hall–Kier alpha value is -2.54. The summed E-state index contributed by atoms with van der Waals surface area (Å²) in [5.74, 6) is -1.64. The van der Waals surface area contributed by atoms with Crippen LogP contribution in [0.2, 0.25) is 0 Å². The number of carbonyl (C=O) groups excluding carboxylic acids is 2. The molecule has 2 amide bonds. The molecule has 2 fully saturated rings. The number of benzene rings is 1. The zero-order valence-electron chi connectivity index (χ0n) is 11.6. The lowest BCUT2D eigenvalue weighted by molar-refractivity contribution is -0.384. The van der Waals surface area contributed by atoms with Gasteiger partial charge in [-0.25, -0.2) is 4.90 Å². The second-order valence-corrected chi connectivity index (χ2v) is 5.91. The SMILES string of the molecule is C[C@]12C=C[C@H](O1)[C@H]1C(=O)N(c3ccc([N+](=O)[O-])cc3)C(=O)[C@@H]12. The van der Waals surface area contributed by atoms with E-state index in [0.29, 0.717) is 5.69 Å². The monoisotopic (exact) mass is 300 g/mol. The largest absolute Gasteiger partial charge is 0.362 e. The number of carbonyl (C=O) groups is 2. The van der Waals surface area contributed by atoms with E-state index in [1.807, 2.05) is 12.2 Å². The van der Waals surface area contributed by atoms with Crippen molar-refractivity contribution in [3.8, 4) is 0 Å². The minimum Gasteiger partial charge on any atom is -0.362 e. The average Bonchev–Trinajstić information content (AvgIpc) is 3.08. The number of amides is 2. The molecule has 0 unspecified atom stereocenters. The number of hydrogen-bond acceptors (Lipinski definition) is 5. The number of nitrogens with zero attached hydrogens (tertiary/aromatic N) is 2. The van der Waals surface area contributed by atoms with E-state index >= 15 is 0 Å². The third kappa shape index (κ3) is 1.48. The number of fused-ring (bicyclic) bond motifs is 5. The average molecular weight is 300 g/mol. The van der Waals surface area contributed by atoms with Crippen LogP contribution in [0.15, 0.2) is 36.4 Å². The summed E-state index contributed by atoms with van der Waals surface area (Å²) in [4.78, 5) is 36.6. The van der Waals surface area contributed by atoms with Crippen molar-refractivity contribution < 1.29 is 19.2 Å². The number of anilines is 1. The number of rotatable bonds is 2. The van der Waals surface area contributed by atoms with Crippen molar-refractivity contribution in [1.82, 2.24) is 0 Å². The Morgan fingerprint density at radius 1 is 1.23 bits per heavy atom. The quantitative estimate of drug-likeness (QED) is 0.357. The van der Waals surface area contributed by atoms with Crippen molar-refractivity contribution in [2.75, 3.05) is 4.90 Å². The predicted molar refractivity (Wildman–Crippen MR) is 75.0 cm³/mol. The predicted octanol–water partition coefficient (Wildman–Crippen LogP) is 1.43. The molecule has 3 aliphatic rings. The van der Waals surface area contributed by atoms with E-state index in [4.69, 9.17) is 4.74 Å². The number of ether oxygens (including phenoxy) is 1. The van der Waals surface area contributed by atoms with Crippen molar-refractivity contribution in [2.45, 2.75) is 18.6 Å². The van der Waals surface area contributed by atoms with Gasteiger partial charge in [-0.15, -0.1) is 0 Å². The summed E-state index contributed by atoms with van der Waals surface area (Å²) < 4.78 is 5.73. The molecule has 0 radical (unpaired) electrons. The fourth-order valence-electron chi connectivity index (χ4n) is 3.63. The summed E-state index contributed by atoms with van der Waals surface area (Å²) in [5.41, 5.74) is -0.462. The van der Waals surface area contributed by atoms with Crippen molar-refractivity contribution in [2.24, 2.45) is 11.8 Å². The first-order valence-electron chi connectivity index (χ1n) is 6.92. The Labute approximate surface area is 125 Å². The van der Waals surface area contributed by atoms with Crippen molar-refractivity contribution in [3.63, 3.8) is 0 Å². The molecule has 0 aliphatic carbocycles. The second kappa shape index (κ2) is 4.01. The van der Waals surface area contributed by atoms with Crippen LogP contribution < -0.4 is 4.90 Å². The van der Waals surface area contributed by atoms with Crippen LogP contribution >= 0.6 is 0 Å². The minimum absolute atomic E-state index is 0.0833. The molecule has 4 rings (SSSR count). The van der Waals surface area contributed by atoms with E-state index in [-0.39, 0.29) is 23.6 Å². The lowest BCUT2D eigenvalue weighted by atomic mass is 9.78. The van der Waals surface area contributed by atoms with Crippen molar-refractivity contribution in [3.05, 3.63) is 46.5 Å². The number of imide groups is 1. The third-order valence-corrected chi connectivity index (χ3v) is 4.65. The normalized spacial score (nSPS) is 35.3. The lowest BCUT2D eigenvalue weighted by Gasteiger charge is -2.24. The Morgan fingerprint density at radius 2 is 1.91 bits per heavy atom. The van der Waals surface area contributed by atoms with Gasteiger partial charge in [-0.05, 0) is 19.1 Å². The molecule has 7 heteroatoms. The first-order valence-corrected chi connectivity index (χ1v) is 6.92. The second-order valence-electron chi connectivity index (χ2n) is 5.91. The molecule has 4 atom stereocenters. The first kappa shape index (κ1) is 13.1. The van der Waals surface area contributed by atoms with E-state index in [1.54, 1.807) is 6.92 Å². The van der Waals surface area contributed by atoms with Crippen LogP contribution in [0.5, 0.6) is 0 Å². The van der Waals surface area contributed by atoms with Gasteiger partial charge < -0.3 is 4.74 Å². The fraction of sp³-hybridized carbons (Fsp3) is 0.333. The summed E-state index contributed by atoms with van der Waals surface area (Å²) in [5, 5.41) is 10.7. The summed E-state index contributed by atoms with van der Waals surface area (Å²) >= 11 is 0. The van der Waals surface area contributed by atoms with Crippen LogP contribution in [-0.4, -0.2) is 28.4 Å². The molecule has 0 saturated carbocycles. The van der Waals surface area contributed by atoms with Crippen LogP contribution in [0, 0.1) is 22.0 Å². The fourth-order valence-corrected chi connectivity index (χ4v) is 3.63. The molecule has 7 nitrogen and oxygen atoms in total. The lowest BCUT2D eigenvalue weighted by Crippen LogP contribution is -2.38. The number of nitro groups is 1. The van der Waals surface area contributed by atoms with Gasteiger partial charge in [0.1, 0.15) is 0 Å². The Morgan fingerprint density at radius 3 is 2.50 bits per heavy atom. The molecule has 22 heavy (non-hydrogen) atoms. The molecular formula is C15H12N2O5. The molecule has 2 bridgehead atoms. The molecular weight excluding hydrogens is 288 g/mol. The van der Waals surface area contributed by atoms with E-state index in [0.717, 1.165) is 4.90 Å². The maximum atomic E-state index is 12.7. The van der Waals surface area contributed by atoms with Gasteiger partial charge in [0.15, 0.2) is 0 Å². The molecule has 112 valence electrons. The van der Waals surface area contributed by atoms with Gasteiger partial charge in [-0.3, -0.25) is 19.7 Å². The smallest absolute Gasteiger partial charge is 0.269 e. The van der Waals surface area contributed by atoms with E-state index in [1.165, 1.54) is 24.3 Å². The number of nitro benzene ring substituents is 1. The summed E-state index contributed by atoms with van der Waals surface area (Å²) in [6.45, 7) is 1.80. The molecule has 1 aromatic carbocycles. The molecule has 2 saturated heterocycles. The van der Waals surface area contributed by atoms with Gasteiger partial charge in [-0.1, -0.05) is 12.2 Å². The molecule has 1 aromatic rings. The maximum absolute atomic E-state index is 12.7. The van der Waals surface area contributed by atoms with Crippen LogP contribution in [0.1, 0.15) is 6.92 Å². The molecule has 3 heterocycles. The zero-order valence-corrected chi connectivity index (χ0v) is 11.6. The van der Waals surface area contributed by atoms with E-state index in [9.17, 15) is 19.7 Å². The third-order valence-electron chi connectivity index (χ3n) is 4.65. The van der Waals surface area contributed by atoms with Crippen molar-refractivity contribution >= 4 is 23.2 Å². The van der Waals surface area contributed by atoms with Crippen LogP contribution in [0.3, 0.4) is 0 Å². The molecule has 3 aliphatic heterocycles. The number of non-ortho nitro benzene ring substituents is 1. The maximum Gasteiger partial charge on any atom is 0.269 e. The first-order chi connectivity index (χ1) is 10.4. The van der Waals surface area contributed by atoms with E-state index in [2.05, 4.69) is 0 Å². The molecule has 0 spiro atoms. The highest BCUT2D eigenvalue weighted by Gasteiger charge is 2.66. The Kier molecular flexibility index (Phi) is 2.40. The molecule has 0 aromatic heterocycles. The van der Waals surface area contributed by atoms with Gasteiger partial charge in [-0.2, -0.15) is 0 Å².